The molecule has 1 heterocycles. The zero-order valence-corrected chi connectivity index (χ0v) is 10.2. The lowest BCUT2D eigenvalue weighted by molar-refractivity contribution is -0.148. The Bertz CT molecular complexity index is 390. The van der Waals surface area contributed by atoms with Crippen LogP contribution in [0.2, 0.25) is 0 Å². The smallest absolute Gasteiger partial charge is 0.331 e. The first-order valence-corrected chi connectivity index (χ1v) is 5.20. The fourth-order valence-corrected chi connectivity index (χ4v) is 1.07. The van der Waals surface area contributed by atoms with Crippen molar-refractivity contribution in [1.82, 2.24) is 4.98 Å². The average molecular weight is 217 g/mol. The largest absolute Gasteiger partial charge is 0.457 e. The lowest BCUT2D eigenvalue weighted by atomic mass is 9.99. The Morgan fingerprint density at radius 2 is 2.12 bits per heavy atom. The third kappa shape index (κ3) is 4.78. The van der Waals surface area contributed by atoms with E-state index in [-0.39, 0.29) is 5.97 Å². The van der Waals surface area contributed by atoms with Gasteiger partial charge in [-0.05, 0) is 32.9 Å². The molecule has 0 amide bonds. The Morgan fingerprint density at radius 3 is 2.62 bits per heavy atom. The highest BCUT2D eigenvalue weighted by Gasteiger charge is 2.13. The molecule has 0 aliphatic heterocycles. The lowest BCUT2D eigenvalue weighted by Gasteiger charge is -2.17. The summed E-state index contributed by atoms with van der Waals surface area (Å²) in [4.78, 5) is 15.5. The number of pyridine rings is 1. The Balaban J connectivity index is 2.60. The first-order chi connectivity index (χ1) is 7.37. The molecule has 1 aromatic rings. The van der Waals surface area contributed by atoms with Crippen LogP contribution in [0.15, 0.2) is 24.4 Å². The molecule has 0 aliphatic rings. The number of hydrogen-bond donors (Lipinski definition) is 0. The fraction of sp³-hybridized carbons (Fsp3) is 0.333. The monoisotopic (exact) mass is 217 g/mol. The molecule has 0 N–H and O–H groups in total. The number of carbonyl (C=O) groups excluding carboxylic acids is 1. The van der Waals surface area contributed by atoms with Crippen molar-refractivity contribution >= 4 is 25.4 Å². The summed E-state index contributed by atoms with van der Waals surface area (Å²) in [7, 11) is 1.97. The highest BCUT2D eigenvalue weighted by Crippen LogP contribution is 2.07. The van der Waals surface area contributed by atoms with Crippen molar-refractivity contribution in [2.45, 2.75) is 26.4 Å². The molecule has 16 heavy (non-hydrogen) atoms. The molecular formula is C12H16BNO2. The van der Waals surface area contributed by atoms with Gasteiger partial charge >= 0.3 is 5.97 Å². The molecule has 0 atom stereocenters. The number of ether oxygens (including phenoxy) is 1. The zero-order valence-electron chi connectivity index (χ0n) is 10.2. The molecule has 1 rings (SSSR count). The second-order valence-electron chi connectivity index (χ2n) is 4.63. The third-order valence-corrected chi connectivity index (χ3v) is 1.73. The van der Waals surface area contributed by atoms with Gasteiger partial charge in [0.05, 0.1) is 5.69 Å². The average Bonchev–Trinajstić information content (AvgIpc) is 2.14. The summed E-state index contributed by atoms with van der Waals surface area (Å²) >= 11 is 0. The minimum atomic E-state index is -0.456. The van der Waals surface area contributed by atoms with Crippen molar-refractivity contribution in [3.05, 3.63) is 30.1 Å². The SMILES string of the molecule is Bc1ccc(/C=C/C(=O)OC(C)(C)C)nc1. The molecule has 0 radical (unpaired) electrons. The molecular weight excluding hydrogens is 201 g/mol. The number of carbonyl (C=O) groups is 1. The molecule has 4 heteroatoms. The number of nitrogens with zero attached hydrogens (tertiary/aromatic N) is 1. The van der Waals surface area contributed by atoms with Gasteiger partial charge in [0.1, 0.15) is 13.4 Å². The van der Waals surface area contributed by atoms with E-state index in [2.05, 4.69) is 4.98 Å². The van der Waals surface area contributed by atoms with E-state index in [0.29, 0.717) is 0 Å². The Hall–Kier alpha value is -1.58. The maximum atomic E-state index is 11.4. The minimum Gasteiger partial charge on any atom is -0.457 e. The number of esters is 1. The second kappa shape index (κ2) is 4.97. The number of rotatable bonds is 2. The van der Waals surface area contributed by atoms with Crippen LogP contribution in [0.1, 0.15) is 26.5 Å². The van der Waals surface area contributed by atoms with E-state index in [0.717, 1.165) is 11.2 Å². The lowest BCUT2D eigenvalue weighted by Crippen LogP contribution is -2.22. The molecule has 0 aliphatic carbocycles. The Kier molecular flexibility index (Phi) is 3.88. The molecule has 0 bridgehead atoms. The van der Waals surface area contributed by atoms with Gasteiger partial charge < -0.3 is 4.74 Å². The fourth-order valence-electron chi connectivity index (χ4n) is 1.07. The van der Waals surface area contributed by atoms with Gasteiger partial charge in [-0.25, -0.2) is 4.79 Å². The predicted octanol–water partition coefficient (Wildman–Crippen LogP) is 0.695. The van der Waals surface area contributed by atoms with Crippen molar-refractivity contribution in [1.29, 1.82) is 0 Å². The van der Waals surface area contributed by atoms with E-state index in [1.54, 1.807) is 12.3 Å². The predicted molar refractivity (Wildman–Crippen MR) is 67.3 cm³/mol. The van der Waals surface area contributed by atoms with Crippen LogP contribution in [-0.4, -0.2) is 24.4 Å². The van der Waals surface area contributed by atoms with Crippen LogP contribution < -0.4 is 5.46 Å². The van der Waals surface area contributed by atoms with E-state index >= 15 is 0 Å². The maximum Gasteiger partial charge on any atom is 0.331 e. The van der Waals surface area contributed by atoms with Crippen LogP contribution in [0.3, 0.4) is 0 Å². The molecule has 0 spiro atoms. The summed E-state index contributed by atoms with van der Waals surface area (Å²) in [6, 6.07) is 3.80. The van der Waals surface area contributed by atoms with E-state index < -0.39 is 5.60 Å². The van der Waals surface area contributed by atoms with Gasteiger partial charge in [0.2, 0.25) is 0 Å². The molecule has 84 valence electrons. The first-order valence-electron chi connectivity index (χ1n) is 5.20. The quantitative estimate of drug-likeness (QED) is 0.415. The summed E-state index contributed by atoms with van der Waals surface area (Å²) in [5.41, 5.74) is 1.38. The summed E-state index contributed by atoms with van der Waals surface area (Å²) in [6.45, 7) is 5.51. The zero-order chi connectivity index (χ0) is 12.2. The highest BCUT2D eigenvalue weighted by atomic mass is 16.6. The highest BCUT2D eigenvalue weighted by molar-refractivity contribution is 6.32. The van der Waals surface area contributed by atoms with Gasteiger partial charge in [-0.3, -0.25) is 4.98 Å². The first kappa shape index (κ1) is 12.5. The molecule has 1 aromatic heterocycles. The van der Waals surface area contributed by atoms with Gasteiger partial charge in [0.25, 0.3) is 0 Å². The van der Waals surface area contributed by atoms with Gasteiger partial charge in [0.15, 0.2) is 0 Å². The summed E-state index contributed by atoms with van der Waals surface area (Å²) in [5, 5.41) is 0. The van der Waals surface area contributed by atoms with Crippen LogP contribution in [0.5, 0.6) is 0 Å². The van der Waals surface area contributed by atoms with Crippen molar-refractivity contribution in [2.75, 3.05) is 0 Å². The van der Waals surface area contributed by atoms with E-state index in [1.165, 1.54) is 6.08 Å². The van der Waals surface area contributed by atoms with Gasteiger partial charge in [-0.15, -0.1) is 0 Å². The van der Waals surface area contributed by atoms with Crippen molar-refractivity contribution in [3.8, 4) is 0 Å². The van der Waals surface area contributed by atoms with Crippen LogP contribution in [-0.2, 0) is 9.53 Å². The van der Waals surface area contributed by atoms with Crippen molar-refractivity contribution in [2.24, 2.45) is 0 Å². The van der Waals surface area contributed by atoms with Gasteiger partial charge in [0, 0.05) is 12.3 Å². The molecule has 0 saturated carbocycles. The Morgan fingerprint density at radius 1 is 1.44 bits per heavy atom. The second-order valence-corrected chi connectivity index (χ2v) is 4.63. The van der Waals surface area contributed by atoms with Crippen LogP contribution in [0.25, 0.3) is 6.08 Å². The van der Waals surface area contributed by atoms with Crippen LogP contribution in [0, 0.1) is 0 Å². The topological polar surface area (TPSA) is 39.2 Å². The summed E-state index contributed by atoms with van der Waals surface area (Å²) in [6.07, 6.45) is 4.80. The minimum absolute atomic E-state index is 0.352. The molecule has 3 nitrogen and oxygen atoms in total. The maximum absolute atomic E-state index is 11.4. The summed E-state index contributed by atoms with van der Waals surface area (Å²) < 4.78 is 5.13. The molecule has 0 unspecified atom stereocenters. The van der Waals surface area contributed by atoms with Crippen LogP contribution >= 0.6 is 0 Å². The molecule has 0 fully saturated rings. The van der Waals surface area contributed by atoms with Gasteiger partial charge in [-0.2, -0.15) is 0 Å². The molecule has 0 saturated heterocycles. The molecule has 0 aromatic carbocycles. The standard InChI is InChI=1S/C12H16BNO2/c1-12(2,3)16-11(15)7-6-10-5-4-9(13)8-14-10/h4-8H,13H2,1-3H3/b7-6+. The van der Waals surface area contributed by atoms with Gasteiger partial charge in [-0.1, -0.05) is 11.5 Å². The number of aromatic nitrogens is 1. The van der Waals surface area contributed by atoms with Crippen LogP contribution in [0.4, 0.5) is 0 Å². The summed E-state index contributed by atoms with van der Waals surface area (Å²) in [5.74, 6) is -0.352. The van der Waals surface area contributed by atoms with Crippen molar-refractivity contribution in [3.63, 3.8) is 0 Å². The van der Waals surface area contributed by atoms with E-state index in [1.807, 2.05) is 40.8 Å². The Labute approximate surface area is 96.9 Å². The third-order valence-electron chi connectivity index (χ3n) is 1.73. The van der Waals surface area contributed by atoms with Crippen molar-refractivity contribution < 1.29 is 9.53 Å². The number of hydrogen-bond acceptors (Lipinski definition) is 3. The normalized spacial score (nSPS) is 11.7. The van der Waals surface area contributed by atoms with E-state index in [9.17, 15) is 4.79 Å². The van der Waals surface area contributed by atoms with E-state index in [4.69, 9.17) is 4.74 Å².